The van der Waals surface area contributed by atoms with Gasteiger partial charge in [-0.1, -0.05) is 6.42 Å². The molecule has 0 aliphatic carbocycles. The summed E-state index contributed by atoms with van der Waals surface area (Å²) in [5.41, 5.74) is 0. The summed E-state index contributed by atoms with van der Waals surface area (Å²) in [4.78, 5) is 14.5. The molecule has 4 heteroatoms. The minimum absolute atomic E-state index is 0.0976. The van der Waals surface area contributed by atoms with Crippen molar-refractivity contribution in [1.82, 2.24) is 15.5 Å². The van der Waals surface area contributed by atoms with Crippen molar-refractivity contribution in [3.8, 4) is 0 Å². The molecule has 3 aliphatic heterocycles. The third-order valence-corrected chi connectivity index (χ3v) is 4.44. The van der Waals surface area contributed by atoms with Crippen LogP contribution in [-0.4, -0.2) is 48.6 Å². The minimum atomic E-state index is 0.0976. The van der Waals surface area contributed by atoms with Crippen LogP contribution < -0.4 is 10.6 Å². The summed E-state index contributed by atoms with van der Waals surface area (Å²) in [6.45, 7) is 2.88. The van der Waals surface area contributed by atoms with Gasteiger partial charge in [0.15, 0.2) is 0 Å². The standard InChI is InChI=1S/C13H23N3O/c17-13(12-3-1-2-7-14-12)16-8-6-10-4-5-11(9-16)15-10/h10-12,14-15H,1-9H2. The number of likely N-dealkylation sites (tertiary alicyclic amines) is 1. The summed E-state index contributed by atoms with van der Waals surface area (Å²) in [5.74, 6) is 0.346. The monoisotopic (exact) mass is 237 g/mol. The van der Waals surface area contributed by atoms with Crippen LogP contribution in [0.15, 0.2) is 0 Å². The number of hydrogen-bond donors (Lipinski definition) is 2. The first-order valence-corrected chi connectivity index (χ1v) is 7.11. The first-order valence-electron chi connectivity index (χ1n) is 7.11. The van der Waals surface area contributed by atoms with Crippen molar-refractivity contribution < 1.29 is 4.79 Å². The molecule has 2 N–H and O–H groups in total. The molecule has 2 bridgehead atoms. The molecule has 0 saturated carbocycles. The van der Waals surface area contributed by atoms with Gasteiger partial charge >= 0.3 is 0 Å². The van der Waals surface area contributed by atoms with Gasteiger partial charge < -0.3 is 15.5 Å². The van der Waals surface area contributed by atoms with Gasteiger partial charge in [-0.2, -0.15) is 0 Å². The first-order chi connectivity index (χ1) is 8.33. The lowest BCUT2D eigenvalue weighted by atomic mass is 10.0. The molecular weight excluding hydrogens is 214 g/mol. The highest BCUT2D eigenvalue weighted by Crippen LogP contribution is 2.21. The normalized spacial score (nSPS) is 37.9. The van der Waals surface area contributed by atoms with Gasteiger partial charge in [0, 0.05) is 25.2 Å². The number of nitrogens with zero attached hydrogens (tertiary/aromatic N) is 1. The van der Waals surface area contributed by atoms with Gasteiger partial charge in [-0.15, -0.1) is 0 Å². The van der Waals surface area contributed by atoms with Gasteiger partial charge in [0.2, 0.25) is 5.91 Å². The second-order valence-electron chi connectivity index (χ2n) is 5.71. The predicted octanol–water partition coefficient (Wildman–Crippen LogP) is 0.481. The minimum Gasteiger partial charge on any atom is -0.340 e. The number of nitrogens with one attached hydrogen (secondary N) is 2. The van der Waals surface area contributed by atoms with Crippen LogP contribution >= 0.6 is 0 Å². The fourth-order valence-electron chi connectivity index (χ4n) is 3.43. The fraction of sp³-hybridized carbons (Fsp3) is 0.923. The Morgan fingerprint density at radius 1 is 1.06 bits per heavy atom. The quantitative estimate of drug-likeness (QED) is 0.697. The Kier molecular flexibility index (Phi) is 3.34. The Morgan fingerprint density at radius 3 is 2.76 bits per heavy atom. The third-order valence-electron chi connectivity index (χ3n) is 4.44. The van der Waals surface area contributed by atoms with Crippen molar-refractivity contribution >= 4 is 5.91 Å². The van der Waals surface area contributed by atoms with Gasteiger partial charge in [0.05, 0.1) is 6.04 Å². The van der Waals surface area contributed by atoms with E-state index in [0.29, 0.717) is 18.0 Å². The van der Waals surface area contributed by atoms with E-state index in [1.54, 1.807) is 0 Å². The van der Waals surface area contributed by atoms with Gasteiger partial charge in [-0.3, -0.25) is 4.79 Å². The molecule has 1 amide bonds. The van der Waals surface area contributed by atoms with E-state index in [-0.39, 0.29) is 6.04 Å². The van der Waals surface area contributed by atoms with E-state index in [9.17, 15) is 4.79 Å². The third kappa shape index (κ3) is 2.47. The van der Waals surface area contributed by atoms with Crippen molar-refractivity contribution in [3.05, 3.63) is 0 Å². The highest BCUT2D eigenvalue weighted by Gasteiger charge is 2.33. The van der Waals surface area contributed by atoms with Crippen LogP contribution in [0.25, 0.3) is 0 Å². The lowest BCUT2D eigenvalue weighted by molar-refractivity contribution is -0.134. The van der Waals surface area contributed by atoms with Gasteiger partial charge in [-0.05, 0) is 38.6 Å². The van der Waals surface area contributed by atoms with E-state index in [1.807, 2.05) is 0 Å². The molecule has 3 rings (SSSR count). The SMILES string of the molecule is O=C(C1CCCCN1)N1CCC2CCC(C1)N2. The number of rotatable bonds is 1. The Morgan fingerprint density at radius 2 is 1.94 bits per heavy atom. The number of fused-ring (bicyclic) bond motifs is 2. The lowest BCUT2D eigenvalue weighted by Gasteiger charge is -2.31. The summed E-state index contributed by atoms with van der Waals surface area (Å²) in [6, 6.07) is 1.31. The molecule has 3 aliphatic rings. The molecule has 3 heterocycles. The van der Waals surface area contributed by atoms with E-state index in [0.717, 1.165) is 32.5 Å². The molecule has 0 aromatic rings. The van der Waals surface area contributed by atoms with E-state index in [1.165, 1.54) is 25.7 Å². The molecule has 17 heavy (non-hydrogen) atoms. The molecule has 96 valence electrons. The molecule has 3 saturated heterocycles. The fourth-order valence-corrected chi connectivity index (χ4v) is 3.43. The van der Waals surface area contributed by atoms with Crippen LogP contribution in [0.4, 0.5) is 0 Å². The van der Waals surface area contributed by atoms with Crippen LogP contribution in [0.3, 0.4) is 0 Å². The smallest absolute Gasteiger partial charge is 0.239 e. The molecule has 3 atom stereocenters. The summed E-state index contributed by atoms with van der Waals surface area (Å²) in [6.07, 6.45) is 7.12. The van der Waals surface area contributed by atoms with Gasteiger partial charge in [-0.25, -0.2) is 0 Å². The number of carbonyl (C=O) groups excluding carboxylic acids is 1. The summed E-state index contributed by atoms with van der Waals surface area (Å²) < 4.78 is 0. The Hall–Kier alpha value is -0.610. The largest absolute Gasteiger partial charge is 0.340 e. The van der Waals surface area contributed by atoms with Crippen LogP contribution in [0.5, 0.6) is 0 Å². The zero-order valence-corrected chi connectivity index (χ0v) is 10.5. The first kappa shape index (κ1) is 11.5. The van der Waals surface area contributed by atoms with Crippen molar-refractivity contribution in [3.63, 3.8) is 0 Å². The average molecular weight is 237 g/mol. The Labute approximate surface area is 103 Å². The highest BCUT2D eigenvalue weighted by atomic mass is 16.2. The van der Waals surface area contributed by atoms with E-state index in [4.69, 9.17) is 0 Å². The zero-order chi connectivity index (χ0) is 11.7. The average Bonchev–Trinajstić information content (AvgIpc) is 2.69. The summed E-state index contributed by atoms with van der Waals surface area (Å²) >= 11 is 0. The Bertz CT molecular complexity index is 288. The lowest BCUT2D eigenvalue weighted by Crippen LogP contribution is -2.50. The predicted molar refractivity (Wildman–Crippen MR) is 66.8 cm³/mol. The maximum atomic E-state index is 12.4. The highest BCUT2D eigenvalue weighted by molar-refractivity contribution is 5.82. The maximum absolute atomic E-state index is 12.4. The molecule has 0 radical (unpaired) electrons. The van der Waals surface area contributed by atoms with Crippen molar-refractivity contribution in [1.29, 1.82) is 0 Å². The van der Waals surface area contributed by atoms with Crippen molar-refractivity contribution in [2.75, 3.05) is 19.6 Å². The van der Waals surface area contributed by atoms with Gasteiger partial charge in [0.1, 0.15) is 0 Å². The summed E-state index contributed by atoms with van der Waals surface area (Å²) in [7, 11) is 0. The molecule has 4 nitrogen and oxygen atoms in total. The maximum Gasteiger partial charge on any atom is 0.239 e. The molecule has 3 fully saturated rings. The Balaban J connectivity index is 1.61. The number of amides is 1. The van der Waals surface area contributed by atoms with E-state index >= 15 is 0 Å². The van der Waals surface area contributed by atoms with Crippen LogP contribution in [0.1, 0.15) is 38.5 Å². The molecular formula is C13H23N3O. The summed E-state index contributed by atoms with van der Waals surface area (Å²) in [5, 5.41) is 7.00. The van der Waals surface area contributed by atoms with Crippen LogP contribution in [-0.2, 0) is 4.79 Å². The van der Waals surface area contributed by atoms with Crippen molar-refractivity contribution in [2.24, 2.45) is 0 Å². The van der Waals surface area contributed by atoms with Gasteiger partial charge in [0.25, 0.3) is 0 Å². The van der Waals surface area contributed by atoms with Crippen LogP contribution in [0.2, 0.25) is 0 Å². The van der Waals surface area contributed by atoms with E-state index in [2.05, 4.69) is 15.5 Å². The van der Waals surface area contributed by atoms with Crippen LogP contribution in [0, 0.1) is 0 Å². The second-order valence-corrected chi connectivity index (χ2v) is 5.71. The molecule has 0 aromatic carbocycles. The second kappa shape index (κ2) is 4.94. The number of hydrogen-bond acceptors (Lipinski definition) is 3. The van der Waals surface area contributed by atoms with E-state index < -0.39 is 0 Å². The molecule has 0 aromatic heterocycles. The molecule has 3 unspecified atom stereocenters. The van der Waals surface area contributed by atoms with Crippen molar-refractivity contribution in [2.45, 2.75) is 56.7 Å². The number of piperidine rings is 1. The number of carbonyl (C=O) groups is 1. The zero-order valence-electron chi connectivity index (χ0n) is 10.5. The topological polar surface area (TPSA) is 44.4 Å². The molecule has 0 spiro atoms.